The molecule has 0 aliphatic heterocycles. The molecule has 4 nitrogen and oxygen atoms in total. The number of aryl methyl sites for hydroxylation is 3. The van der Waals surface area contributed by atoms with E-state index < -0.39 is 15.6 Å². The van der Waals surface area contributed by atoms with E-state index in [1.54, 1.807) is 0 Å². The van der Waals surface area contributed by atoms with Crippen LogP contribution in [0.25, 0.3) is 0 Å². The van der Waals surface area contributed by atoms with Crippen LogP contribution in [0.1, 0.15) is 37.5 Å². The fraction of sp³-hybridized carbons (Fsp3) is 0.600. The molecule has 5 heteroatoms. The van der Waals surface area contributed by atoms with E-state index in [0.717, 1.165) is 16.7 Å². The second kappa shape index (κ2) is 5.84. The molecule has 0 bridgehead atoms. The van der Waals surface area contributed by atoms with Crippen molar-refractivity contribution in [2.75, 3.05) is 6.54 Å². The van der Waals surface area contributed by atoms with Gasteiger partial charge in [0.05, 0.1) is 4.90 Å². The number of nitrogens with two attached hydrogens (primary N) is 1. The van der Waals surface area contributed by atoms with Crippen LogP contribution in [-0.4, -0.2) is 20.5 Å². The Bertz CT molecular complexity index is 571. The number of hydrogen-bond acceptors (Lipinski definition) is 3. The molecule has 0 saturated carbocycles. The van der Waals surface area contributed by atoms with Crippen molar-refractivity contribution in [2.24, 2.45) is 11.7 Å². The summed E-state index contributed by atoms with van der Waals surface area (Å²) in [5.41, 5.74) is 7.70. The lowest BCUT2D eigenvalue weighted by molar-refractivity contribution is 0.314. The Labute approximate surface area is 122 Å². The summed E-state index contributed by atoms with van der Waals surface area (Å²) in [6.07, 6.45) is 0. The zero-order valence-corrected chi connectivity index (χ0v) is 14.1. The number of benzene rings is 1. The monoisotopic (exact) mass is 298 g/mol. The first kappa shape index (κ1) is 17.1. The van der Waals surface area contributed by atoms with E-state index in [1.165, 1.54) is 0 Å². The fourth-order valence-electron chi connectivity index (χ4n) is 2.34. The third-order valence-electron chi connectivity index (χ3n) is 3.94. The Morgan fingerprint density at radius 2 is 1.65 bits per heavy atom. The van der Waals surface area contributed by atoms with E-state index >= 15 is 0 Å². The maximum atomic E-state index is 12.7. The average Bonchev–Trinajstić information content (AvgIpc) is 2.25. The van der Waals surface area contributed by atoms with Crippen molar-refractivity contribution >= 4 is 10.0 Å². The standard InChI is InChI=1S/C15H26N2O2S/c1-10(2)15(6,9-16)17-20(18,19)14-12(4)7-11(3)8-13(14)5/h7-8,10,17H,9,16H2,1-6H3. The van der Waals surface area contributed by atoms with Gasteiger partial charge in [0.25, 0.3) is 0 Å². The van der Waals surface area contributed by atoms with Crippen LogP contribution in [-0.2, 0) is 10.0 Å². The van der Waals surface area contributed by atoms with Gasteiger partial charge in [-0.05, 0) is 44.7 Å². The van der Waals surface area contributed by atoms with Crippen LogP contribution in [0.4, 0.5) is 0 Å². The highest BCUT2D eigenvalue weighted by Crippen LogP contribution is 2.25. The highest BCUT2D eigenvalue weighted by atomic mass is 32.2. The average molecular weight is 298 g/mol. The van der Waals surface area contributed by atoms with Crippen molar-refractivity contribution in [3.63, 3.8) is 0 Å². The molecule has 1 unspecified atom stereocenters. The Balaban J connectivity index is 3.32. The topological polar surface area (TPSA) is 72.2 Å². The van der Waals surface area contributed by atoms with Gasteiger partial charge in [-0.25, -0.2) is 13.1 Å². The molecule has 0 aliphatic carbocycles. The summed E-state index contributed by atoms with van der Waals surface area (Å²) in [5.74, 6) is 0.105. The summed E-state index contributed by atoms with van der Waals surface area (Å²) >= 11 is 0. The minimum atomic E-state index is -3.58. The summed E-state index contributed by atoms with van der Waals surface area (Å²) < 4.78 is 28.2. The molecule has 1 aromatic rings. The van der Waals surface area contributed by atoms with Gasteiger partial charge in [-0.2, -0.15) is 0 Å². The highest BCUT2D eigenvalue weighted by molar-refractivity contribution is 7.89. The SMILES string of the molecule is Cc1cc(C)c(S(=O)(=O)NC(C)(CN)C(C)C)c(C)c1. The maximum Gasteiger partial charge on any atom is 0.241 e. The Hall–Kier alpha value is -0.910. The molecule has 1 aromatic carbocycles. The van der Waals surface area contributed by atoms with Crippen LogP contribution in [0.15, 0.2) is 17.0 Å². The fourth-order valence-corrected chi connectivity index (χ4v) is 4.34. The lowest BCUT2D eigenvalue weighted by atomic mass is 9.90. The van der Waals surface area contributed by atoms with E-state index in [2.05, 4.69) is 4.72 Å². The number of sulfonamides is 1. The normalized spacial score (nSPS) is 15.4. The van der Waals surface area contributed by atoms with Crippen molar-refractivity contribution in [1.29, 1.82) is 0 Å². The van der Waals surface area contributed by atoms with Crippen molar-refractivity contribution < 1.29 is 8.42 Å². The molecular weight excluding hydrogens is 272 g/mol. The molecule has 0 heterocycles. The third-order valence-corrected chi connectivity index (χ3v) is 5.86. The van der Waals surface area contributed by atoms with Gasteiger partial charge in [0.15, 0.2) is 0 Å². The second-order valence-corrected chi connectivity index (χ2v) is 7.73. The van der Waals surface area contributed by atoms with Gasteiger partial charge in [0.2, 0.25) is 10.0 Å². The zero-order valence-electron chi connectivity index (χ0n) is 13.2. The summed E-state index contributed by atoms with van der Waals surface area (Å²) in [4.78, 5) is 0.364. The molecule has 0 aromatic heterocycles. The first-order valence-corrected chi connectivity index (χ1v) is 8.33. The zero-order chi connectivity index (χ0) is 15.7. The number of hydrogen-bond donors (Lipinski definition) is 2. The third kappa shape index (κ3) is 3.40. The number of rotatable bonds is 5. The Kier molecular flexibility index (Phi) is 5.00. The molecule has 1 atom stereocenters. The van der Waals surface area contributed by atoms with Gasteiger partial charge in [-0.3, -0.25) is 0 Å². The van der Waals surface area contributed by atoms with Gasteiger partial charge >= 0.3 is 0 Å². The van der Waals surface area contributed by atoms with Gasteiger partial charge in [0, 0.05) is 12.1 Å². The van der Waals surface area contributed by atoms with E-state index in [1.807, 2.05) is 53.7 Å². The van der Waals surface area contributed by atoms with Crippen molar-refractivity contribution in [3.8, 4) is 0 Å². The van der Waals surface area contributed by atoms with Crippen LogP contribution in [0.3, 0.4) is 0 Å². The first-order chi connectivity index (χ1) is 9.03. The molecule has 114 valence electrons. The van der Waals surface area contributed by atoms with Crippen LogP contribution < -0.4 is 10.5 Å². The van der Waals surface area contributed by atoms with Crippen molar-refractivity contribution in [3.05, 3.63) is 28.8 Å². The molecule has 0 fully saturated rings. The lowest BCUT2D eigenvalue weighted by Gasteiger charge is -2.33. The van der Waals surface area contributed by atoms with Gasteiger partial charge < -0.3 is 5.73 Å². The quantitative estimate of drug-likeness (QED) is 0.876. The number of nitrogens with one attached hydrogen (secondary N) is 1. The minimum absolute atomic E-state index is 0.105. The highest BCUT2D eigenvalue weighted by Gasteiger charge is 2.33. The van der Waals surface area contributed by atoms with E-state index in [-0.39, 0.29) is 12.5 Å². The van der Waals surface area contributed by atoms with Crippen LogP contribution in [0.2, 0.25) is 0 Å². The largest absolute Gasteiger partial charge is 0.329 e. The summed E-state index contributed by atoms with van der Waals surface area (Å²) in [6.45, 7) is 11.6. The molecule has 0 radical (unpaired) electrons. The predicted molar refractivity (Wildman–Crippen MR) is 83.3 cm³/mol. The minimum Gasteiger partial charge on any atom is -0.329 e. The maximum absolute atomic E-state index is 12.7. The second-order valence-electron chi connectivity index (χ2n) is 6.11. The summed E-state index contributed by atoms with van der Waals surface area (Å²) in [7, 11) is -3.58. The van der Waals surface area contributed by atoms with Crippen molar-refractivity contribution in [1.82, 2.24) is 4.72 Å². The van der Waals surface area contributed by atoms with Gasteiger partial charge in [-0.15, -0.1) is 0 Å². The summed E-state index contributed by atoms with van der Waals surface area (Å²) in [6, 6.07) is 3.77. The van der Waals surface area contributed by atoms with E-state index in [4.69, 9.17) is 5.73 Å². The van der Waals surface area contributed by atoms with Crippen LogP contribution >= 0.6 is 0 Å². The first-order valence-electron chi connectivity index (χ1n) is 6.85. The molecule has 20 heavy (non-hydrogen) atoms. The molecule has 0 aliphatic rings. The van der Waals surface area contributed by atoms with E-state index in [0.29, 0.717) is 4.90 Å². The summed E-state index contributed by atoms with van der Waals surface area (Å²) in [5, 5.41) is 0. The molecular formula is C15H26N2O2S. The molecule has 3 N–H and O–H groups in total. The van der Waals surface area contributed by atoms with Crippen molar-refractivity contribution in [2.45, 2.75) is 52.0 Å². The van der Waals surface area contributed by atoms with Gasteiger partial charge in [-0.1, -0.05) is 31.5 Å². The van der Waals surface area contributed by atoms with Gasteiger partial charge in [0.1, 0.15) is 0 Å². The Morgan fingerprint density at radius 3 is 2.00 bits per heavy atom. The van der Waals surface area contributed by atoms with E-state index in [9.17, 15) is 8.42 Å². The molecule has 0 amide bonds. The predicted octanol–water partition coefficient (Wildman–Crippen LogP) is 2.26. The smallest absolute Gasteiger partial charge is 0.241 e. The van der Waals surface area contributed by atoms with Crippen LogP contribution in [0.5, 0.6) is 0 Å². The lowest BCUT2D eigenvalue weighted by Crippen LogP contribution is -2.55. The molecule has 0 spiro atoms. The molecule has 1 rings (SSSR count). The Morgan fingerprint density at radius 1 is 1.20 bits per heavy atom. The van der Waals surface area contributed by atoms with Crippen LogP contribution in [0, 0.1) is 26.7 Å². The molecule has 0 saturated heterocycles.